The molecule has 1 amide bonds. The van der Waals surface area contributed by atoms with E-state index in [-0.39, 0.29) is 12.5 Å². The molecule has 0 saturated carbocycles. The van der Waals surface area contributed by atoms with Crippen molar-refractivity contribution in [1.82, 2.24) is 15.5 Å². The summed E-state index contributed by atoms with van der Waals surface area (Å²) in [5.41, 5.74) is 1.73. The lowest BCUT2D eigenvalue weighted by molar-refractivity contribution is -0.121. The van der Waals surface area contributed by atoms with Crippen LogP contribution in [0.3, 0.4) is 0 Å². The van der Waals surface area contributed by atoms with E-state index in [0.717, 1.165) is 11.3 Å². The summed E-state index contributed by atoms with van der Waals surface area (Å²) in [7, 11) is 1.62. The summed E-state index contributed by atoms with van der Waals surface area (Å²) in [6.07, 6.45) is 1.02. The molecule has 0 aliphatic rings. The lowest BCUT2D eigenvalue weighted by atomic mass is 10.1. The van der Waals surface area contributed by atoms with E-state index in [1.54, 1.807) is 19.2 Å². The number of benzene rings is 2. The number of ether oxygens (including phenoxy) is 1. The van der Waals surface area contributed by atoms with Gasteiger partial charge in [-0.25, -0.2) is 0 Å². The molecule has 1 heterocycles. The van der Waals surface area contributed by atoms with Gasteiger partial charge in [-0.15, -0.1) is 10.2 Å². The average molecular weight is 372 g/mol. The van der Waals surface area contributed by atoms with Crippen molar-refractivity contribution in [3.05, 3.63) is 65.0 Å². The zero-order valence-corrected chi connectivity index (χ0v) is 15.0. The van der Waals surface area contributed by atoms with Gasteiger partial charge in [0.05, 0.1) is 24.2 Å². The third-order valence-corrected chi connectivity index (χ3v) is 4.14. The quantitative estimate of drug-likeness (QED) is 0.686. The van der Waals surface area contributed by atoms with Gasteiger partial charge in [0.1, 0.15) is 5.75 Å². The predicted molar refractivity (Wildman–Crippen MR) is 97.9 cm³/mol. The van der Waals surface area contributed by atoms with Gasteiger partial charge < -0.3 is 14.5 Å². The Hall–Kier alpha value is -2.86. The molecule has 0 spiro atoms. The highest BCUT2D eigenvalue weighted by Crippen LogP contribution is 2.26. The molecular weight excluding hydrogens is 354 g/mol. The monoisotopic (exact) mass is 371 g/mol. The molecule has 0 unspecified atom stereocenters. The number of nitrogens with zero attached hydrogens (tertiary/aromatic N) is 2. The fourth-order valence-corrected chi connectivity index (χ4v) is 2.60. The summed E-state index contributed by atoms with van der Waals surface area (Å²) in [6, 6.07) is 14.9. The van der Waals surface area contributed by atoms with E-state index in [0.29, 0.717) is 35.2 Å². The molecule has 1 aromatic heterocycles. The number of carbonyl (C=O) groups excluding carboxylic acids is 1. The smallest absolute Gasteiger partial charge is 0.249 e. The van der Waals surface area contributed by atoms with Gasteiger partial charge in [0, 0.05) is 6.42 Å². The van der Waals surface area contributed by atoms with Gasteiger partial charge in [-0.2, -0.15) is 0 Å². The molecule has 134 valence electrons. The Morgan fingerprint density at radius 1 is 1.15 bits per heavy atom. The van der Waals surface area contributed by atoms with Gasteiger partial charge in [0.25, 0.3) is 0 Å². The van der Waals surface area contributed by atoms with E-state index in [2.05, 4.69) is 15.5 Å². The molecule has 0 radical (unpaired) electrons. The SMILES string of the molecule is COc1ccc(CCC(=O)NCc2nnc(-c3ccccc3Cl)o2)cc1. The lowest BCUT2D eigenvalue weighted by Gasteiger charge is -2.04. The first-order valence-corrected chi connectivity index (χ1v) is 8.50. The van der Waals surface area contributed by atoms with Gasteiger partial charge in [-0.1, -0.05) is 35.9 Å². The molecular formula is C19H18ClN3O3. The number of nitrogens with one attached hydrogen (secondary N) is 1. The van der Waals surface area contributed by atoms with Crippen molar-refractivity contribution in [2.45, 2.75) is 19.4 Å². The maximum Gasteiger partial charge on any atom is 0.249 e. The summed E-state index contributed by atoms with van der Waals surface area (Å²) < 4.78 is 10.7. The number of methoxy groups -OCH3 is 1. The van der Waals surface area contributed by atoms with E-state index in [4.69, 9.17) is 20.8 Å². The second-order valence-electron chi connectivity index (χ2n) is 5.61. The maximum absolute atomic E-state index is 12.0. The highest BCUT2D eigenvalue weighted by atomic mass is 35.5. The number of amides is 1. The van der Waals surface area contributed by atoms with Crippen LogP contribution < -0.4 is 10.1 Å². The summed E-state index contributed by atoms with van der Waals surface area (Å²) in [5.74, 6) is 1.37. The third-order valence-electron chi connectivity index (χ3n) is 3.81. The van der Waals surface area contributed by atoms with Crippen molar-refractivity contribution in [2.75, 3.05) is 7.11 Å². The second kappa shape index (κ2) is 8.49. The Bertz CT molecular complexity index is 878. The topological polar surface area (TPSA) is 77.2 Å². The fraction of sp³-hybridized carbons (Fsp3) is 0.211. The van der Waals surface area contributed by atoms with Crippen molar-refractivity contribution in [2.24, 2.45) is 0 Å². The van der Waals surface area contributed by atoms with Crippen molar-refractivity contribution >= 4 is 17.5 Å². The Morgan fingerprint density at radius 3 is 2.65 bits per heavy atom. The van der Waals surface area contributed by atoms with Gasteiger partial charge in [-0.05, 0) is 36.2 Å². The largest absolute Gasteiger partial charge is 0.497 e. The van der Waals surface area contributed by atoms with Gasteiger partial charge in [0.15, 0.2) is 0 Å². The maximum atomic E-state index is 12.0. The van der Waals surface area contributed by atoms with Crippen LogP contribution in [0.4, 0.5) is 0 Å². The van der Waals surface area contributed by atoms with Crippen molar-refractivity contribution in [3.8, 4) is 17.2 Å². The number of halogens is 1. The fourth-order valence-electron chi connectivity index (χ4n) is 2.38. The van der Waals surface area contributed by atoms with Crippen LogP contribution in [0.2, 0.25) is 5.02 Å². The van der Waals surface area contributed by atoms with Crippen molar-refractivity contribution < 1.29 is 13.9 Å². The highest BCUT2D eigenvalue weighted by molar-refractivity contribution is 6.33. The normalized spacial score (nSPS) is 10.5. The number of rotatable bonds is 7. The standard InChI is InChI=1S/C19H18ClN3O3/c1-25-14-9-6-13(7-10-14)8-11-17(24)21-12-18-22-23-19(26-18)15-4-2-3-5-16(15)20/h2-7,9-10H,8,11-12H2,1H3,(H,21,24). The molecule has 26 heavy (non-hydrogen) atoms. The highest BCUT2D eigenvalue weighted by Gasteiger charge is 2.12. The lowest BCUT2D eigenvalue weighted by Crippen LogP contribution is -2.23. The first kappa shape index (κ1) is 17.9. The summed E-state index contributed by atoms with van der Waals surface area (Å²) in [4.78, 5) is 12.0. The van der Waals surface area contributed by atoms with Crippen LogP contribution in [0.25, 0.3) is 11.5 Å². The van der Waals surface area contributed by atoms with Gasteiger partial charge in [-0.3, -0.25) is 4.79 Å². The number of hydrogen-bond acceptors (Lipinski definition) is 5. The van der Waals surface area contributed by atoms with Crippen LogP contribution in [0, 0.1) is 0 Å². The van der Waals surface area contributed by atoms with Crippen LogP contribution in [0.1, 0.15) is 17.9 Å². The third kappa shape index (κ3) is 4.61. The minimum absolute atomic E-state index is 0.0849. The number of carbonyl (C=O) groups is 1. The van der Waals surface area contributed by atoms with E-state index >= 15 is 0 Å². The molecule has 0 bridgehead atoms. The van der Waals surface area contributed by atoms with Crippen LogP contribution >= 0.6 is 11.6 Å². The molecule has 3 rings (SSSR count). The minimum atomic E-state index is -0.0849. The second-order valence-corrected chi connectivity index (χ2v) is 6.01. The molecule has 0 aliphatic carbocycles. The van der Waals surface area contributed by atoms with Crippen LogP contribution in [-0.2, 0) is 17.8 Å². The molecule has 3 aromatic rings. The zero-order valence-electron chi connectivity index (χ0n) is 14.2. The predicted octanol–water partition coefficient (Wildman–Crippen LogP) is 3.65. The molecule has 2 aromatic carbocycles. The zero-order chi connectivity index (χ0) is 18.4. The molecule has 7 heteroatoms. The van der Waals surface area contributed by atoms with Gasteiger partial charge >= 0.3 is 0 Å². The van der Waals surface area contributed by atoms with Gasteiger partial charge in [0.2, 0.25) is 17.7 Å². The van der Waals surface area contributed by atoms with E-state index < -0.39 is 0 Å². The van der Waals surface area contributed by atoms with Crippen molar-refractivity contribution in [3.63, 3.8) is 0 Å². The first-order chi connectivity index (χ1) is 12.7. The average Bonchev–Trinajstić information content (AvgIpc) is 3.14. The van der Waals surface area contributed by atoms with E-state index in [1.807, 2.05) is 36.4 Å². The Labute approximate surface area is 156 Å². The molecule has 0 fully saturated rings. The number of aromatic nitrogens is 2. The Kier molecular flexibility index (Phi) is 5.86. The number of aryl methyl sites for hydroxylation is 1. The van der Waals surface area contributed by atoms with Crippen LogP contribution in [-0.4, -0.2) is 23.2 Å². The molecule has 0 saturated heterocycles. The van der Waals surface area contributed by atoms with E-state index in [1.165, 1.54) is 0 Å². The molecule has 0 aliphatic heterocycles. The Morgan fingerprint density at radius 2 is 1.92 bits per heavy atom. The van der Waals surface area contributed by atoms with Crippen LogP contribution in [0.15, 0.2) is 52.9 Å². The number of hydrogen-bond donors (Lipinski definition) is 1. The minimum Gasteiger partial charge on any atom is -0.497 e. The molecule has 6 nitrogen and oxygen atoms in total. The first-order valence-electron chi connectivity index (χ1n) is 8.12. The summed E-state index contributed by atoms with van der Waals surface area (Å²) in [5, 5.41) is 11.2. The molecule has 1 N–H and O–H groups in total. The molecule has 0 atom stereocenters. The Balaban J connectivity index is 1.49. The summed E-state index contributed by atoms with van der Waals surface area (Å²) >= 11 is 6.11. The summed E-state index contributed by atoms with van der Waals surface area (Å²) in [6.45, 7) is 0.179. The van der Waals surface area contributed by atoms with E-state index in [9.17, 15) is 4.79 Å². The van der Waals surface area contributed by atoms with Crippen LogP contribution in [0.5, 0.6) is 5.75 Å². The van der Waals surface area contributed by atoms with Crippen molar-refractivity contribution in [1.29, 1.82) is 0 Å².